The number of anilines is 1. The summed E-state index contributed by atoms with van der Waals surface area (Å²) < 4.78 is 57.8. The van der Waals surface area contributed by atoms with E-state index in [9.17, 15) is 18.0 Å². The number of alkyl halides is 1. The van der Waals surface area contributed by atoms with Crippen LogP contribution in [0, 0.1) is 17.8 Å². The Bertz CT molecular complexity index is 3430. The minimum Gasteiger partial charge on any atom is -0.662 e. The normalized spacial score (nSPS) is 9.95. The van der Waals surface area contributed by atoms with Gasteiger partial charge in [-0.15, -0.1) is 17.0 Å². The molecule has 20 nitrogen and oxygen atoms in total. The van der Waals surface area contributed by atoms with Gasteiger partial charge in [-0.2, -0.15) is 13.2 Å². The second-order valence-corrected chi connectivity index (χ2v) is 16.9. The second kappa shape index (κ2) is 30.9. The summed E-state index contributed by atoms with van der Waals surface area (Å²) in [5.41, 5.74) is 10.7. The predicted octanol–water partition coefficient (Wildman–Crippen LogP) is 6.04. The van der Waals surface area contributed by atoms with Gasteiger partial charge < -0.3 is 35.2 Å². The van der Waals surface area contributed by atoms with Crippen LogP contribution in [0.2, 0.25) is 0 Å². The summed E-state index contributed by atoms with van der Waals surface area (Å²) in [5.74, 6) is -0.147. The number of hydrogen-bond donors (Lipinski definition) is 2. The fourth-order valence-electron chi connectivity index (χ4n) is 5.88. The van der Waals surface area contributed by atoms with Gasteiger partial charge in [0.2, 0.25) is 35.5 Å². The topological polar surface area (TPSA) is 265 Å². The van der Waals surface area contributed by atoms with Gasteiger partial charge in [-0.3, -0.25) is 18.4 Å². The molecule has 0 amide bonds. The molecule has 0 aromatic carbocycles. The third-order valence-corrected chi connectivity index (χ3v) is 12.1. The number of nitrogen functional groups attached to an aromatic ring is 1. The number of carbonyl (C=O) groups excluding carboxylic acids is 2. The summed E-state index contributed by atoms with van der Waals surface area (Å²) in [4.78, 5) is 63.3. The number of ether oxygens (including phenoxy) is 3. The van der Waals surface area contributed by atoms with Crippen molar-refractivity contribution < 1.29 is 81.8 Å². The van der Waals surface area contributed by atoms with Gasteiger partial charge in [0.1, 0.15) is 37.1 Å². The minimum atomic E-state index is -0.628. The summed E-state index contributed by atoms with van der Waals surface area (Å²) in [7, 11) is 4.75. The molecule has 0 saturated carbocycles. The van der Waals surface area contributed by atoms with Crippen LogP contribution in [0.4, 0.5) is 18.3 Å². The zero-order valence-corrected chi connectivity index (χ0v) is 47.0. The summed E-state index contributed by atoms with van der Waals surface area (Å²) in [5, 5.41) is 16.7. The average molecular weight is 1230 g/mol. The first-order valence-corrected chi connectivity index (χ1v) is 24.0. The minimum absolute atomic E-state index is 0. The van der Waals surface area contributed by atoms with Crippen molar-refractivity contribution in [2.24, 2.45) is 0 Å². The number of imidazole rings is 2. The zero-order valence-electron chi connectivity index (χ0n) is 39.3. The van der Waals surface area contributed by atoms with Crippen molar-refractivity contribution in [3.63, 3.8) is 0 Å². The summed E-state index contributed by atoms with van der Waals surface area (Å²) in [6.07, 6.45) is 3.67. The summed E-state index contributed by atoms with van der Waals surface area (Å²) >= 11 is 7.22. The van der Waals surface area contributed by atoms with E-state index in [4.69, 9.17) is 35.1 Å². The van der Waals surface area contributed by atoms with E-state index in [1.165, 1.54) is 64.3 Å². The van der Waals surface area contributed by atoms with Crippen LogP contribution in [0.3, 0.4) is 0 Å². The number of thiazole rings is 3. The number of halogens is 5. The molecule has 0 bridgehead atoms. The van der Waals surface area contributed by atoms with Gasteiger partial charge in [0.25, 0.3) is 6.47 Å². The van der Waals surface area contributed by atoms with Crippen molar-refractivity contribution >= 4 is 125 Å². The van der Waals surface area contributed by atoms with Gasteiger partial charge in [-0.05, 0) is 61.5 Å². The van der Waals surface area contributed by atoms with Crippen molar-refractivity contribution in [3.8, 4) is 40.4 Å². The van der Waals surface area contributed by atoms with Crippen LogP contribution >= 0.6 is 66.9 Å². The van der Waals surface area contributed by atoms with Gasteiger partial charge in [0.15, 0.2) is 20.8 Å². The first-order chi connectivity index (χ1) is 34.8. The maximum absolute atomic E-state index is 13.2. The van der Waals surface area contributed by atoms with Crippen LogP contribution < -0.4 is 54.8 Å². The van der Waals surface area contributed by atoms with Crippen LogP contribution in [0.5, 0.6) is 17.6 Å². The first-order valence-electron chi connectivity index (χ1n) is 20.4. The van der Waals surface area contributed by atoms with Gasteiger partial charge >= 0.3 is 29.6 Å². The number of aliphatic hydroxyl groups excluding tert-OH is 1. The molecule has 0 saturated heterocycles. The van der Waals surface area contributed by atoms with Gasteiger partial charge in [0.05, 0.1) is 49.1 Å². The number of rotatable bonds is 8. The van der Waals surface area contributed by atoms with Crippen molar-refractivity contribution in [3.05, 3.63) is 127 Å². The molecule has 3 N–H and O–H groups in total. The van der Waals surface area contributed by atoms with Crippen molar-refractivity contribution in [1.29, 1.82) is 0 Å². The van der Waals surface area contributed by atoms with Crippen LogP contribution in [-0.2, 0) is 9.68 Å². The van der Waals surface area contributed by atoms with E-state index < -0.39 is 17.8 Å². The van der Waals surface area contributed by atoms with Crippen LogP contribution in [-0.4, -0.2) is 104 Å². The fraction of sp³-hybridized carbons (Fsp3) is 0.152. The molecule has 0 atom stereocenters. The molecule has 0 unspecified atom stereocenters. The molecule has 0 spiro atoms. The Morgan fingerprint density at radius 1 is 0.653 bits per heavy atom. The standard InChI is InChI=1S/2C14H9FN4OS.C7H5BrFNO.C7H7N3OS.C2H6O.CH2O3.CH4.BrH.Na/c2*1-20-12-6-5-10-13(18-12)21-14-17-9(7-19(10)14)8-3-2-4-11(15)16-8;8-4-6(11)5-2-1-3-7(9)10-5;1-11-5-3-2-4-6(10-5)12-7(8)9-4;1-2-3;2-1-4-3;;;/h2*2-7H,1H3;1-3H,4H2;2-3H,1H3,(H2,8,9);3H,2H2,1H3;1,3H;1H4;1H;/q;;;;;;;;+1/p-1. The van der Waals surface area contributed by atoms with Crippen molar-refractivity contribution in [2.75, 3.05) is 39.0 Å². The summed E-state index contributed by atoms with van der Waals surface area (Å²) in [6.45, 7) is 1.75. The van der Waals surface area contributed by atoms with E-state index in [1.54, 1.807) is 70.7 Å². The molecule has 11 heterocycles. The Morgan fingerprint density at radius 2 is 1.07 bits per heavy atom. The number of pyridine rings is 6. The molecule has 0 fully saturated rings. The molecule has 0 aliphatic heterocycles. The van der Waals surface area contributed by atoms with E-state index in [0.717, 1.165) is 41.0 Å². The molecule has 11 rings (SSSR count). The van der Waals surface area contributed by atoms with Crippen molar-refractivity contribution in [1.82, 2.24) is 53.7 Å². The van der Waals surface area contributed by atoms with Gasteiger partial charge in [-0.25, -0.2) is 44.9 Å². The van der Waals surface area contributed by atoms with Crippen LogP contribution in [0.25, 0.3) is 63.7 Å². The van der Waals surface area contributed by atoms with E-state index in [-0.39, 0.29) is 83.9 Å². The van der Waals surface area contributed by atoms with E-state index in [1.807, 2.05) is 39.4 Å². The molecule has 29 heteroatoms. The molecular formula is C46H42Br2F3N12NaO8S3. The Labute approximate surface area is 477 Å². The number of carbonyl (C=O) groups is 2. The number of ketones is 1. The van der Waals surface area contributed by atoms with E-state index in [0.29, 0.717) is 45.5 Å². The Kier molecular flexibility index (Phi) is 25.9. The number of aliphatic hydroxyl groups is 1. The maximum atomic E-state index is 13.2. The van der Waals surface area contributed by atoms with Gasteiger partial charge in [-0.1, -0.05) is 75.6 Å². The number of fused-ring (bicyclic) bond motifs is 7. The number of Topliss-reactive ketones (excluding diaryl/α,β-unsaturated/α-hetero) is 1. The van der Waals surface area contributed by atoms with E-state index in [2.05, 4.69) is 65.7 Å². The Balaban J connectivity index is 0.000000257. The smallest absolute Gasteiger partial charge is 0.662 e. The number of aromatic nitrogens is 11. The average Bonchev–Trinajstić information content (AvgIpc) is 4.23. The van der Waals surface area contributed by atoms with Gasteiger partial charge in [0, 0.05) is 37.2 Å². The molecule has 0 aliphatic carbocycles. The molecule has 388 valence electrons. The van der Waals surface area contributed by atoms with Crippen LogP contribution in [0.1, 0.15) is 24.8 Å². The molecule has 0 aliphatic rings. The fourth-order valence-corrected chi connectivity index (χ4v) is 8.81. The number of hydrogen-bond acceptors (Lipinski definition) is 21. The first kappa shape index (κ1) is 63.0. The number of nitrogens with two attached hydrogens (primary N) is 1. The Morgan fingerprint density at radius 3 is 1.47 bits per heavy atom. The van der Waals surface area contributed by atoms with E-state index >= 15 is 0 Å². The third kappa shape index (κ3) is 16.8. The molecular weight excluding hydrogens is 1180 g/mol. The SMILES string of the molecule is Br.C.CCO.COc1ccc2c(n1)sc1nc(-c3cccc(F)n3)cn12.COc1ccc2c(n1)sc1nc(-c3cccc(F)n3)cn12.COc1ccc2nc(N)sc2n1.O=C(CBr)c1cccc(F)n1.O=CO[O-].[Na+]. The Hall–Kier alpha value is -6.34. The third-order valence-electron chi connectivity index (χ3n) is 8.86. The monoisotopic (exact) mass is 1220 g/mol. The zero-order chi connectivity index (χ0) is 51.7. The maximum Gasteiger partial charge on any atom is 1.00 e. The quantitative estimate of drug-likeness (QED) is 0.0334. The molecule has 0 radical (unpaired) electrons. The van der Waals surface area contributed by atoms with Crippen molar-refractivity contribution in [2.45, 2.75) is 14.4 Å². The predicted molar refractivity (Wildman–Crippen MR) is 284 cm³/mol. The molecule has 11 aromatic rings. The second-order valence-electron chi connectivity index (χ2n) is 13.4. The molecule has 75 heavy (non-hydrogen) atoms. The van der Waals surface area contributed by atoms with Crippen LogP contribution in [0.15, 0.2) is 103 Å². The summed E-state index contributed by atoms with van der Waals surface area (Å²) in [6, 6.07) is 24.5. The molecule has 11 aromatic heterocycles. The largest absolute Gasteiger partial charge is 1.00 e. The number of methoxy groups -OCH3 is 3. The number of nitrogens with zero attached hydrogens (tertiary/aromatic N) is 11.